The number of rotatable bonds is 4. The number of benzene rings is 1. The largest absolute Gasteiger partial charge is 0.260 e. The molecule has 0 aliphatic carbocycles. The molecule has 106 valence electrons. The van der Waals surface area contributed by atoms with E-state index in [1.807, 2.05) is 0 Å². The van der Waals surface area contributed by atoms with E-state index in [1.54, 1.807) is 31.3 Å². The molecule has 0 fully saturated rings. The van der Waals surface area contributed by atoms with Crippen molar-refractivity contribution in [2.45, 2.75) is 17.9 Å². The van der Waals surface area contributed by atoms with Crippen LogP contribution in [0.3, 0.4) is 0 Å². The predicted octanol–water partition coefficient (Wildman–Crippen LogP) is 2.91. The third-order valence-electron chi connectivity index (χ3n) is 2.65. The van der Waals surface area contributed by atoms with Gasteiger partial charge in [0.2, 0.25) is 10.0 Å². The van der Waals surface area contributed by atoms with Crippen molar-refractivity contribution in [2.24, 2.45) is 0 Å². The predicted molar refractivity (Wildman–Crippen MR) is 74.4 cm³/mol. The first-order valence-corrected chi connectivity index (χ1v) is 7.64. The van der Waals surface area contributed by atoms with Gasteiger partial charge in [0, 0.05) is 6.20 Å². The van der Waals surface area contributed by atoms with Crippen molar-refractivity contribution in [2.75, 3.05) is 0 Å². The first-order chi connectivity index (χ1) is 9.40. The van der Waals surface area contributed by atoms with E-state index in [2.05, 4.69) is 9.71 Å². The van der Waals surface area contributed by atoms with Gasteiger partial charge in [-0.3, -0.25) is 4.98 Å². The Balaban J connectivity index is 2.28. The molecule has 20 heavy (non-hydrogen) atoms. The number of halogens is 2. The molecule has 1 aromatic carbocycles. The van der Waals surface area contributed by atoms with Crippen LogP contribution in [-0.4, -0.2) is 13.4 Å². The van der Waals surface area contributed by atoms with E-state index in [0.29, 0.717) is 5.69 Å². The minimum absolute atomic E-state index is 0.161. The van der Waals surface area contributed by atoms with E-state index >= 15 is 0 Å². The number of pyridine rings is 1. The quantitative estimate of drug-likeness (QED) is 0.944. The summed E-state index contributed by atoms with van der Waals surface area (Å²) in [5, 5.41) is -0.161. The molecule has 0 radical (unpaired) electrons. The molecule has 2 aromatic rings. The van der Waals surface area contributed by atoms with Crippen LogP contribution in [0, 0.1) is 5.82 Å². The summed E-state index contributed by atoms with van der Waals surface area (Å²) in [6, 6.07) is 7.82. The average molecular weight is 315 g/mol. The molecule has 0 bridgehead atoms. The summed E-state index contributed by atoms with van der Waals surface area (Å²) in [6.45, 7) is 1.66. The molecule has 1 unspecified atom stereocenters. The van der Waals surface area contributed by atoms with Gasteiger partial charge in [-0.2, -0.15) is 0 Å². The minimum Gasteiger partial charge on any atom is -0.260 e. The molecular weight excluding hydrogens is 303 g/mol. The van der Waals surface area contributed by atoms with Gasteiger partial charge < -0.3 is 0 Å². The monoisotopic (exact) mass is 314 g/mol. The van der Waals surface area contributed by atoms with Gasteiger partial charge in [0.25, 0.3) is 0 Å². The zero-order chi connectivity index (χ0) is 14.8. The Kier molecular flexibility index (Phi) is 4.37. The van der Waals surface area contributed by atoms with Crippen molar-refractivity contribution in [3.05, 3.63) is 59.1 Å². The Hall–Kier alpha value is -1.50. The first kappa shape index (κ1) is 14.9. The Morgan fingerprint density at radius 2 is 2.05 bits per heavy atom. The molecule has 0 spiro atoms. The second-order valence-electron chi connectivity index (χ2n) is 4.17. The van der Waals surface area contributed by atoms with E-state index in [1.165, 1.54) is 0 Å². The van der Waals surface area contributed by atoms with Gasteiger partial charge in [0.15, 0.2) is 0 Å². The number of sulfonamides is 1. The molecule has 1 heterocycles. The van der Waals surface area contributed by atoms with Crippen molar-refractivity contribution < 1.29 is 12.8 Å². The third kappa shape index (κ3) is 3.33. The van der Waals surface area contributed by atoms with Crippen molar-refractivity contribution in [3.63, 3.8) is 0 Å². The summed E-state index contributed by atoms with van der Waals surface area (Å²) in [6.07, 6.45) is 1.57. The highest BCUT2D eigenvalue weighted by Crippen LogP contribution is 2.23. The molecule has 0 saturated heterocycles. The van der Waals surface area contributed by atoms with Gasteiger partial charge in [-0.05, 0) is 37.3 Å². The van der Waals surface area contributed by atoms with E-state index in [9.17, 15) is 12.8 Å². The fourth-order valence-electron chi connectivity index (χ4n) is 1.68. The second-order valence-corrected chi connectivity index (χ2v) is 6.26. The topological polar surface area (TPSA) is 59.1 Å². The number of hydrogen-bond donors (Lipinski definition) is 1. The van der Waals surface area contributed by atoms with Crippen molar-refractivity contribution in [1.29, 1.82) is 0 Å². The molecule has 1 atom stereocenters. The van der Waals surface area contributed by atoms with Gasteiger partial charge >= 0.3 is 0 Å². The highest BCUT2D eigenvalue weighted by molar-refractivity contribution is 7.89. The summed E-state index contributed by atoms with van der Waals surface area (Å²) < 4.78 is 39.8. The zero-order valence-electron chi connectivity index (χ0n) is 10.5. The average Bonchev–Trinajstić information content (AvgIpc) is 2.38. The standard InChI is InChI=1S/C13H12ClFN2O2S/c1-9(12-4-2-3-7-16-12)17-20(18,19)13-6-5-10(15)8-11(13)14/h2-9,17H,1H3. The van der Waals surface area contributed by atoms with E-state index in [0.717, 1.165) is 18.2 Å². The third-order valence-corrected chi connectivity index (χ3v) is 4.67. The second kappa shape index (κ2) is 5.87. The van der Waals surface area contributed by atoms with Gasteiger partial charge in [0.05, 0.1) is 16.8 Å². The van der Waals surface area contributed by atoms with Gasteiger partial charge in [-0.15, -0.1) is 0 Å². The molecule has 0 aliphatic rings. The van der Waals surface area contributed by atoms with Crippen LogP contribution in [0.4, 0.5) is 4.39 Å². The van der Waals surface area contributed by atoms with Crippen LogP contribution in [0.1, 0.15) is 18.7 Å². The van der Waals surface area contributed by atoms with Crippen molar-refractivity contribution >= 4 is 21.6 Å². The van der Waals surface area contributed by atoms with Crippen LogP contribution in [0.2, 0.25) is 5.02 Å². The van der Waals surface area contributed by atoms with E-state index < -0.39 is 21.9 Å². The molecule has 1 aromatic heterocycles. The van der Waals surface area contributed by atoms with Crippen molar-refractivity contribution in [3.8, 4) is 0 Å². The SMILES string of the molecule is CC(NS(=O)(=O)c1ccc(F)cc1Cl)c1ccccn1. The number of hydrogen-bond acceptors (Lipinski definition) is 3. The molecule has 0 aliphatic heterocycles. The van der Waals surface area contributed by atoms with Crippen LogP contribution >= 0.6 is 11.6 Å². The lowest BCUT2D eigenvalue weighted by atomic mass is 10.2. The van der Waals surface area contributed by atoms with Gasteiger partial charge in [0.1, 0.15) is 10.7 Å². The lowest BCUT2D eigenvalue weighted by Crippen LogP contribution is -2.27. The smallest absolute Gasteiger partial charge is 0.242 e. The highest BCUT2D eigenvalue weighted by atomic mass is 35.5. The van der Waals surface area contributed by atoms with Gasteiger partial charge in [-0.1, -0.05) is 17.7 Å². The summed E-state index contributed by atoms with van der Waals surface area (Å²) in [5.41, 5.74) is 0.578. The normalized spacial score (nSPS) is 13.2. The lowest BCUT2D eigenvalue weighted by Gasteiger charge is -2.14. The zero-order valence-corrected chi connectivity index (χ0v) is 12.1. The molecule has 2 rings (SSSR count). The number of nitrogens with one attached hydrogen (secondary N) is 1. The lowest BCUT2D eigenvalue weighted by molar-refractivity contribution is 0.563. The number of aromatic nitrogens is 1. The fraction of sp³-hybridized carbons (Fsp3) is 0.154. The van der Waals surface area contributed by atoms with Crippen LogP contribution in [0.15, 0.2) is 47.5 Å². The van der Waals surface area contributed by atoms with E-state index in [4.69, 9.17) is 11.6 Å². The number of nitrogens with zero attached hydrogens (tertiary/aromatic N) is 1. The molecular formula is C13H12ClFN2O2S. The molecule has 1 N–H and O–H groups in total. The fourth-order valence-corrected chi connectivity index (χ4v) is 3.43. The van der Waals surface area contributed by atoms with Gasteiger partial charge in [-0.25, -0.2) is 17.5 Å². The highest BCUT2D eigenvalue weighted by Gasteiger charge is 2.21. The Morgan fingerprint density at radius 1 is 1.30 bits per heavy atom. The minimum atomic E-state index is -3.84. The Bertz CT molecular complexity index is 708. The maximum atomic E-state index is 13.0. The van der Waals surface area contributed by atoms with Crippen LogP contribution < -0.4 is 4.72 Å². The summed E-state index contributed by atoms with van der Waals surface area (Å²) >= 11 is 5.77. The summed E-state index contributed by atoms with van der Waals surface area (Å²) in [4.78, 5) is 3.91. The molecule has 4 nitrogen and oxygen atoms in total. The summed E-state index contributed by atoms with van der Waals surface area (Å²) in [7, 11) is -3.84. The van der Waals surface area contributed by atoms with Crippen LogP contribution in [0.5, 0.6) is 0 Å². The molecule has 0 saturated carbocycles. The first-order valence-electron chi connectivity index (χ1n) is 5.78. The van der Waals surface area contributed by atoms with E-state index in [-0.39, 0.29) is 9.92 Å². The maximum Gasteiger partial charge on any atom is 0.242 e. The van der Waals surface area contributed by atoms with Crippen LogP contribution in [0.25, 0.3) is 0 Å². The molecule has 7 heteroatoms. The van der Waals surface area contributed by atoms with Crippen LogP contribution in [-0.2, 0) is 10.0 Å². The maximum absolute atomic E-state index is 13.0. The van der Waals surface area contributed by atoms with Crippen molar-refractivity contribution in [1.82, 2.24) is 9.71 Å². The Morgan fingerprint density at radius 3 is 2.65 bits per heavy atom. The summed E-state index contributed by atoms with van der Waals surface area (Å²) in [5.74, 6) is -0.591. The molecule has 0 amide bonds. The Labute approximate surface area is 121 Å².